The average molecular weight is 258 g/mol. The first-order chi connectivity index (χ1) is 8.33. The van der Waals surface area contributed by atoms with Crippen molar-refractivity contribution in [2.45, 2.75) is 66.6 Å². The Morgan fingerprint density at radius 2 is 1.06 bits per heavy atom. The van der Waals surface area contributed by atoms with Crippen molar-refractivity contribution in [3.8, 4) is 0 Å². The van der Waals surface area contributed by atoms with Crippen LogP contribution < -0.4 is 0 Å². The van der Waals surface area contributed by atoms with Crippen LogP contribution in [0.15, 0.2) is 0 Å². The van der Waals surface area contributed by atoms with Gasteiger partial charge in [-0.2, -0.15) is 0 Å². The van der Waals surface area contributed by atoms with E-state index < -0.39 is 11.8 Å². The summed E-state index contributed by atoms with van der Waals surface area (Å²) in [7, 11) is 0. The third-order valence-corrected chi connectivity index (χ3v) is 3.28. The molecule has 4 atom stereocenters. The summed E-state index contributed by atoms with van der Waals surface area (Å²) in [6, 6.07) is 0. The Balaban J connectivity index is 4.35. The summed E-state index contributed by atoms with van der Waals surface area (Å²) in [4.78, 5) is 23.6. The van der Waals surface area contributed by atoms with Gasteiger partial charge in [-0.1, -0.05) is 27.7 Å². The lowest BCUT2D eigenvalue weighted by Gasteiger charge is -2.21. The van der Waals surface area contributed by atoms with E-state index in [1.807, 2.05) is 27.7 Å². The quantitative estimate of drug-likeness (QED) is 0.659. The molecule has 106 valence electrons. The topological polar surface area (TPSA) is 52.6 Å². The minimum absolute atomic E-state index is 0.113. The van der Waals surface area contributed by atoms with E-state index in [9.17, 15) is 9.59 Å². The summed E-state index contributed by atoms with van der Waals surface area (Å²) in [6.07, 6.45) is 1.31. The Kier molecular flexibility index (Phi) is 7.64. The van der Waals surface area contributed by atoms with E-state index >= 15 is 0 Å². The lowest BCUT2D eigenvalue weighted by atomic mass is 9.96. The molecular formula is C14H26O4. The van der Waals surface area contributed by atoms with Crippen molar-refractivity contribution < 1.29 is 19.1 Å². The zero-order chi connectivity index (χ0) is 14.3. The maximum Gasteiger partial charge on any atom is 0.309 e. The maximum absolute atomic E-state index is 11.8. The van der Waals surface area contributed by atoms with Crippen molar-refractivity contribution in [2.75, 3.05) is 0 Å². The summed E-state index contributed by atoms with van der Waals surface area (Å²) in [5.41, 5.74) is 0. The van der Waals surface area contributed by atoms with Crippen LogP contribution in [-0.2, 0) is 19.1 Å². The van der Waals surface area contributed by atoms with Crippen LogP contribution >= 0.6 is 0 Å². The van der Waals surface area contributed by atoms with Gasteiger partial charge in [0.25, 0.3) is 0 Å². The predicted molar refractivity (Wildman–Crippen MR) is 70.0 cm³/mol. The molecule has 0 saturated heterocycles. The molecule has 18 heavy (non-hydrogen) atoms. The molecule has 0 radical (unpaired) electrons. The van der Waals surface area contributed by atoms with Crippen LogP contribution in [0, 0.1) is 11.8 Å². The number of carbonyl (C=O) groups is 2. The number of rotatable bonds is 7. The fourth-order valence-corrected chi connectivity index (χ4v) is 1.19. The predicted octanol–water partition coefficient (Wildman–Crippen LogP) is 2.94. The minimum atomic E-state index is -0.476. The highest BCUT2D eigenvalue weighted by Gasteiger charge is 2.30. The smallest absolute Gasteiger partial charge is 0.309 e. The van der Waals surface area contributed by atoms with Gasteiger partial charge < -0.3 is 9.47 Å². The van der Waals surface area contributed by atoms with E-state index in [0.717, 1.165) is 12.8 Å². The lowest BCUT2D eigenvalue weighted by Crippen LogP contribution is -2.31. The van der Waals surface area contributed by atoms with Gasteiger partial charge in [0.15, 0.2) is 0 Å². The fourth-order valence-electron chi connectivity index (χ4n) is 1.19. The second-order valence-corrected chi connectivity index (χ2v) is 4.89. The number of carbonyl (C=O) groups excluding carboxylic acids is 2. The van der Waals surface area contributed by atoms with Crippen molar-refractivity contribution >= 4 is 11.9 Å². The van der Waals surface area contributed by atoms with Crippen LogP contribution in [0.3, 0.4) is 0 Å². The molecule has 0 heterocycles. The molecule has 4 unspecified atom stereocenters. The van der Waals surface area contributed by atoms with Crippen LogP contribution in [0.5, 0.6) is 0 Å². The molecule has 0 rings (SSSR count). The Labute approximate surface area is 110 Å². The number of hydrogen-bond donors (Lipinski definition) is 0. The third-order valence-electron chi connectivity index (χ3n) is 3.28. The average Bonchev–Trinajstić information content (AvgIpc) is 2.36. The van der Waals surface area contributed by atoms with Crippen molar-refractivity contribution in [3.63, 3.8) is 0 Å². The standard InChI is InChI=1S/C14H26O4/c1-7-9(3)17-13(15)11(5)12(6)14(16)18-10(4)8-2/h9-12H,7-8H2,1-6H3. The molecular weight excluding hydrogens is 232 g/mol. The number of hydrogen-bond acceptors (Lipinski definition) is 4. The first-order valence-electron chi connectivity index (χ1n) is 6.74. The van der Waals surface area contributed by atoms with Gasteiger partial charge in [0.05, 0.1) is 24.0 Å². The first-order valence-corrected chi connectivity index (χ1v) is 6.74. The van der Waals surface area contributed by atoms with Gasteiger partial charge in [-0.15, -0.1) is 0 Å². The molecule has 4 nitrogen and oxygen atoms in total. The van der Waals surface area contributed by atoms with E-state index in [4.69, 9.17) is 9.47 Å². The van der Waals surface area contributed by atoms with Gasteiger partial charge in [0, 0.05) is 0 Å². The molecule has 0 spiro atoms. The molecule has 0 amide bonds. The van der Waals surface area contributed by atoms with Crippen LogP contribution in [0.4, 0.5) is 0 Å². The maximum atomic E-state index is 11.8. The Bertz CT molecular complexity index is 247. The molecule has 0 aromatic carbocycles. The second kappa shape index (κ2) is 8.11. The van der Waals surface area contributed by atoms with E-state index in [0.29, 0.717) is 0 Å². The van der Waals surface area contributed by atoms with Gasteiger partial charge in [-0.3, -0.25) is 9.59 Å². The lowest BCUT2D eigenvalue weighted by molar-refractivity contribution is -0.164. The van der Waals surface area contributed by atoms with Crippen LogP contribution in [0.25, 0.3) is 0 Å². The second-order valence-electron chi connectivity index (χ2n) is 4.89. The Morgan fingerprint density at radius 3 is 1.28 bits per heavy atom. The SMILES string of the molecule is CCC(C)OC(=O)C(C)C(C)C(=O)OC(C)CC. The van der Waals surface area contributed by atoms with Crippen LogP contribution in [-0.4, -0.2) is 24.1 Å². The summed E-state index contributed by atoms with van der Waals surface area (Å²) >= 11 is 0. The molecule has 0 aliphatic rings. The summed E-state index contributed by atoms with van der Waals surface area (Å²) in [5, 5.41) is 0. The van der Waals surface area contributed by atoms with Gasteiger partial charge in [0.2, 0.25) is 0 Å². The van der Waals surface area contributed by atoms with E-state index in [-0.39, 0.29) is 24.1 Å². The molecule has 0 bridgehead atoms. The van der Waals surface area contributed by atoms with Crippen molar-refractivity contribution in [2.24, 2.45) is 11.8 Å². The Hall–Kier alpha value is -1.06. The van der Waals surface area contributed by atoms with E-state index in [1.54, 1.807) is 13.8 Å². The molecule has 0 aromatic rings. The van der Waals surface area contributed by atoms with Crippen molar-refractivity contribution in [3.05, 3.63) is 0 Å². The van der Waals surface area contributed by atoms with Crippen molar-refractivity contribution in [1.82, 2.24) is 0 Å². The molecule has 0 saturated carbocycles. The van der Waals surface area contributed by atoms with Gasteiger partial charge in [0.1, 0.15) is 0 Å². The molecule has 0 aliphatic heterocycles. The zero-order valence-corrected chi connectivity index (χ0v) is 12.4. The monoisotopic (exact) mass is 258 g/mol. The van der Waals surface area contributed by atoms with E-state index in [1.165, 1.54) is 0 Å². The largest absolute Gasteiger partial charge is 0.462 e. The Morgan fingerprint density at radius 1 is 0.778 bits per heavy atom. The molecule has 0 N–H and O–H groups in total. The number of esters is 2. The first kappa shape index (κ1) is 16.9. The number of ether oxygens (including phenoxy) is 2. The summed E-state index contributed by atoms with van der Waals surface area (Å²) in [5.74, 6) is -1.62. The van der Waals surface area contributed by atoms with E-state index in [2.05, 4.69) is 0 Å². The van der Waals surface area contributed by atoms with Crippen molar-refractivity contribution in [1.29, 1.82) is 0 Å². The van der Waals surface area contributed by atoms with Gasteiger partial charge in [-0.05, 0) is 26.7 Å². The normalized spacial score (nSPS) is 17.4. The summed E-state index contributed by atoms with van der Waals surface area (Å²) < 4.78 is 10.4. The van der Waals surface area contributed by atoms with Crippen LogP contribution in [0.2, 0.25) is 0 Å². The highest BCUT2D eigenvalue weighted by atomic mass is 16.6. The molecule has 4 heteroatoms. The minimum Gasteiger partial charge on any atom is -0.462 e. The molecule has 0 aliphatic carbocycles. The zero-order valence-electron chi connectivity index (χ0n) is 12.4. The molecule has 0 fully saturated rings. The highest BCUT2D eigenvalue weighted by Crippen LogP contribution is 2.17. The fraction of sp³-hybridized carbons (Fsp3) is 0.857. The highest BCUT2D eigenvalue weighted by molar-refractivity contribution is 5.81. The van der Waals surface area contributed by atoms with Crippen LogP contribution in [0.1, 0.15) is 54.4 Å². The third kappa shape index (κ3) is 5.52. The molecule has 0 aromatic heterocycles. The van der Waals surface area contributed by atoms with Gasteiger partial charge in [-0.25, -0.2) is 0 Å². The summed E-state index contributed by atoms with van der Waals surface area (Å²) in [6.45, 7) is 11.0. The van der Waals surface area contributed by atoms with Gasteiger partial charge >= 0.3 is 11.9 Å².